The summed E-state index contributed by atoms with van der Waals surface area (Å²) in [5, 5.41) is 0. The van der Waals surface area contributed by atoms with Crippen molar-refractivity contribution in [1.82, 2.24) is 4.57 Å². The number of imidazole rings is 1. The lowest BCUT2D eigenvalue weighted by Crippen LogP contribution is -2.20. The maximum Gasteiger partial charge on any atom is 0.329 e. The Morgan fingerprint density at radius 1 is 0.852 bits per heavy atom. The number of rotatable bonds is 5. The van der Waals surface area contributed by atoms with Gasteiger partial charge < -0.3 is 4.74 Å². The number of hydrogen-bond donors (Lipinski definition) is 0. The van der Waals surface area contributed by atoms with Gasteiger partial charge in [0.2, 0.25) is 5.75 Å². The summed E-state index contributed by atoms with van der Waals surface area (Å²) >= 11 is 0. The summed E-state index contributed by atoms with van der Waals surface area (Å²) in [6.45, 7) is 7.85. The first-order valence-electron chi connectivity index (χ1n) is 9.34. The highest BCUT2D eigenvalue weighted by Crippen LogP contribution is 2.21. The van der Waals surface area contributed by atoms with Crippen molar-refractivity contribution < 1.29 is 9.14 Å². The SMILES string of the molecule is Cc1cc(C)cc(Cn2c(C)c[n+]3cccc(OCc4ccccc4)c23)c1. The lowest BCUT2D eigenvalue weighted by molar-refractivity contribution is -0.511. The second-order valence-corrected chi connectivity index (χ2v) is 7.23. The Hall–Kier alpha value is -3.07. The average molecular weight is 357 g/mol. The number of pyridine rings is 1. The molecule has 0 N–H and O–H groups in total. The quantitative estimate of drug-likeness (QED) is 0.470. The van der Waals surface area contributed by atoms with E-state index >= 15 is 0 Å². The Labute approximate surface area is 160 Å². The Kier molecular flexibility index (Phi) is 4.68. The molecule has 2 aromatic carbocycles. The van der Waals surface area contributed by atoms with Gasteiger partial charge in [-0.25, -0.2) is 4.57 Å². The van der Waals surface area contributed by atoms with Crippen LogP contribution in [0.3, 0.4) is 0 Å². The number of benzene rings is 2. The number of hydrogen-bond acceptors (Lipinski definition) is 1. The standard InChI is InChI=1S/C24H25N2O/c1-18-12-19(2)14-22(13-18)16-26-20(3)15-25-11-7-10-23(24(25)26)27-17-21-8-5-4-6-9-21/h4-15H,16-17H2,1-3H3/q+1. The van der Waals surface area contributed by atoms with Crippen molar-refractivity contribution >= 4 is 5.65 Å². The first-order chi connectivity index (χ1) is 13.1. The van der Waals surface area contributed by atoms with E-state index in [1.54, 1.807) is 0 Å². The van der Waals surface area contributed by atoms with E-state index in [1.807, 2.05) is 24.3 Å². The normalized spacial score (nSPS) is 11.1. The van der Waals surface area contributed by atoms with Crippen LogP contribution >= 0.6 is 0 Å². The molecule has 4 aromatic rings. The van der Waals surface area contributed by atoms with E-state index in [1.165, 1.54) is 27.9 Å². The summed E-state index contributed by atoms with van der Waals surface area (Å²) < 4.78 is 10.7. The van der Waals surface area contributed by atoms with Crippen LogP contribution in [0.1, 0.15) is 27.9 Å². The number of aryl methyl sites for hydroxylation is 3. The van der Waals surface area contributed by atoms with Crippen molar-refractivity contribution in [1.29, 1.82) is 0 Å². The molecule has 0 bridgehead atoms. The van der Waals surface area contributed by atoms with Gasteiger partial charge in [0, 0.05) is 6.92 Å². The van der Waals surface area contributed by atoms with Crippen LogP contribution in [-0.2, 0) is 13.2 Å². The third-order valence-electron chi connectivity index (χ3n) is 4.83. The van der Waals surface area contributed by atoms with Gasteiger partial charge in [0.25, 0.3) is 0 Å². The largest absolute Gasteiger partial charge is 0.481 e. The highest BCUT2D eigenvalue weighted by Gasteiger charge is 2.20. The molecule has 0 aliphatic rings. The fourth-order valence-electron chi connectivity index (χ4n) is 3.70. The first kappa shape index (κ1) is 17.3. The van der Waals surface area contributed by atoms with Gasteiger partial charge >= 0.3 is 5.65 Å². The molecule has 2 heterocycles. The van der Waals surface area contributed by atoms with E-state index in [4.69, 9.17) is 4.74 Å². The van der Waals surface area contributed by atoms with Crippen LogP contribution in [0, 0.1) is 20.8 Å². The third-order valence-corrected chi connectivity index (χ3v) is 4.83. The second kappa shape index (κ2) is 7.28. The van der Waals surface area contributed by atoms with Crippen LogP contribution in [-0.4, -0.2) is 4.57 Å². The average Bonchev–Trinajstić information content (AvgIpc) is 2.96. The monoisotopic (exact) mass is 357 g/mol. The molecule has 0 unspecified atom stereocenters. The van der Waals surface area contributed by atoms with Gasteiger partial charge in [-0.1, -0.05) is 59.7 Å². The van der Waals surface area contributed by atoms with Crippen LogP contribution in [0.5, 0.6) is 5.75 Å². The summed E-state index contributed by atoms with van der Waals surface area (Å²) in [4.78, 5) is 0. The Morgan fingerprint density at radius 2 is 1.59 bits per heavy atom. The minimum absolute atomic E-state index is 0.564. The van der Waals surface area contributed by atoms with E-state index in [9.17, 15) is 0 Å². The highest BCUT2D eigenvalue weighted by atomic mass is 16.5. The van der Waals surface area contributed by atoms with Crippen molar-refractivity contribution in [3.05, 3.63) is 101 Å². The van der Waals surface area contributed by atoms with E-state index in [0.29, 0.717) is 6.61 Å². The summed E-state index contributed by atoms with van der Waals surface area (Å²) in [6.07, 6.45) is 4.24. The molecule has 0 saturated heterocycles. The molecule has 0 amide bonds. The Bertz CT molecular complexity index is 1060. The Morgan fingerprint density at radius 3 is 2.33 bits per heavy atom. The fourth-order valence-corrected chi connectivity index (χ4v) is 3.70. The number of ether oxygens (including phenoxy) is 1. The summed E-state index contributed by atoms with van der Waals surface area (Å²) in [5.41, 5.74) is 7.38. The minimum atomic E-state index is 0.564. The molecular weight excluding hydrogens is 332 g/mol. The second-order valence-electron chi connectivity index (χ2n) is 7.23. The van der Waals surface area contributed by atoms with Crippen LogP contribution in [0.4, 0.5) is 0 Å². The summed E-state index contributed by atoms with van der Waals surface area (Å²) in [7, 11) is 0. The molecule has 27 heavy (non-hydrogen) atoms. The molecule has 0 radical (unpaired) electrons. The zero-order valence-electron chi connectivity index (χ0n) is 16.1. The molecule has 0 saturated carbocycles. The number of nitrogens with zero attached hydrogens (tertiary/aromatic N) is 2. The van der Waals surface area contributed by atoms with E-state index in [2.05, 4.69) is 78.5 Å². The third kappa shape index (κ3) is 3.72. The van der Waals surface area contributed by atoms with Crippen LogP contribution in [0.2, 0.25) is 0 Å². The molecule has 136 valence electrons. The van der Waals surface area contributed by atoms with E-state index in [0.717, 1.165) is 17.9 Å². The van der Waals surface area contributed by atoms with Crippen LogP contribution in [0.25, 0.3) is 5.65 Å². The van der Waals surface area contributed by atoms with Gasteiger partial charge in [0.1, 0.15) is 25.0 Å². The minimum Gasteiger partial charge on any atom is -0.481 e. The summed E-state index contributed by atoms with van der Waals surface area (Å²) in [5.74, 6) is 0.902. The molecule has 2 aromatic heterocycles. The smallest absolute Gasteiger partial charge is 0.329 e. The van der Waals surface area contributed by atoms with Gasteiger partial charge in [-0.05, 0) is 37.1 Å². The van der Waals surface area contributed by atoms with Gasteiger partial charge in [0.05, 0.1) is 6.20 Å². The zero-order valence-corrected chi connectivity index (χ0v) is 16.1. The van der Waals surface area contributed by atoms with Crippen LogP contribution < -0.4 is 9.14 Å². The van der Waals surface area contributed by atoms with Crippen molar-refractivity contribution in [2.24, 2.45) is 0 Å². The molecule has 0 spiro atoms. The van der Waals surface area contributed by atoms with Gasteiger partial charge in [0.15, 0.2) is 0 Å². The fraction of sp³-hybridized carbons (Fsp3) is 0.208. The molecule has 0 atom stereocenters. The molecular formula is C24H25N2O+. The zero-order chi connectivity index (χ0) is 18.8. The highest BCUT2D eigenvalue weighted by molar-refractivity contribution is 5.50. The number of fused-ring (bicyclic) bond motifs is 1. The molecule has 0 aliphatic carbocycles. The molecule has 3 nitrogen and oxygen atoms in total. The van der Waals surface area contributed by atoms with Crippen LogP contribution in [0.15, 0.2) is 73.1 Å². The van der Waals surface area contributed by atoms with E-state index < -0.39 is 0 Å². The predicted octanol–water partition coefficient (Wildman–Crippen LogP) is 4.78. The van der Waals surface area contributed by atoms with Gasteiger partial charge in [-0.15, -0.1) is 0 Å². The molecule has 0 aliphatic heterocycles. The predicted molar refractivity (Wildman–Crippen MR) is 108 cm³/mol. The van der Waals surface area contributed by atoms with Crippen molar-refractivity contribution in [2.45, 2.75) is 33.9 Å². The van der Waals surface area contributed by atoms with Crippen molar-refractivity contribution in [3.8, 4) is 5.75 Å². The molecule has 4 rings (SSSR count). The Balaban J connectivity index is 1.71. The van der Waals surface area contributed by atoms with Gasteiger partial charge in [-0.2, -0.15) is 4.40 Å². The van der Waals surface area contributed by atoms with Gasteiger partial charge in [-0.3, -0.25) is 0 Å². The molecule has 0 fully saturated rings. The topological polar surface area (TPSA) is 18.3 Å². The first-order valence-corrected chi connectivity index (χ1v) is 9.34. The van der Waals surface area contributed by atoms with Crippen molar-refractivity contribution in [2.75, 3.05) is 0 Å². The maximum atomic E-state index is 6.20. The molecule has 3 heteroatoms. The maximum absolute atomic E-state index is 6.20. The van der Waals surface area contributed by atoms with E-state index in [-0.39, 0.29) is 0 Å². The number of aromatic nitrogens is 2. The van der Waals surface area contributed by atoms with Crippen molar-refractivity contribution in [3.63, 3.8) is 0 Å². The summed E-state index contributed by atoms with van der Waals surface area (Å²) in [6, 6.07) is 21.1. The lowest BCUT2D eigenvalue weighted by atomic mass is 10.1. The lowest BCUT2D eigenvalue weighted by Gasteiger charge is -2.08.